The van der Waals surface area contributed by atoms with E-state index < -0.39 is 6.23 Å². The fourth-order valence-electron chi connectivity index (χ4n) is 3.95. The van der Waals surface area contributed by atoms with E-state index in [4.69, 9.17) is 4.74 Å². The van der Waals surface area contributed by atoms with Gasteiger partial charge in [-0.15, -0.1) is 11.8 Å². The van der Waals surface area contributed by atoms with Gasteiger partial charge in [0.05, 0.1) is 11.4 Å². The summed E-state index contributed by atoms with van der Waals surface area (Å²) in [5.74, 6) is 0.916. The van der Waals surface area contributed by atoms with Gasteiger partial charge < -0.3 is 15.2 Å². The molecule has 2 aliphatic heterocycles. The maximum absolute atomic E-state index is 12.2. The van der Waals surface area contributed by atoms with Gasteiger partial charge in [0.25, 0.3) is 5.91 Å². The molecule has 3 rings (SSSR count). The summed E-state index contributed by atoms with van der Waals surface area (Å²) in [7, 11) is 0. The smallest absolute Gasteiger partial charge is 0.258 e. The molecule has 2 saturated heterocycles. The molecule has 5 nitrogen and oxygen atoms in total. The Hall–Kier alpha value is -1.24. The lowest BCUT2D eigenvalue weighted by atomic mass is 9.87. The Morgan fingerprint density at radius 2 is 2.04 bits per heavy atom. The summed E-state index contributed by atoms with van der Waals surface area (Å²) in [5.41, 5.74) is 0. The Kier molecular flexibility index (Phi) is 4.82. The summed E-state index contributed by atoms with van der Waals surface area (Å²) >= 11 is 1.83. The molecule has 4 unspecified atom stereocenters. The topological polar surface area (TPSA) is 61.8 Å². The van der Waals surface area contributed by atoms with Crippen LogP contribution in [0.3, 0.4) is 0 Å². The fraction of sp³-hybridized carbons (Fsp3) is 0.611. The van der Waals surface area contributed by atoms with Crippen molar-refractivity contribution in [1.82, 2.24) is 10.2 Å². The van der Waals surface area contributed by atoms with Crippen LogP contribution in [0.4, 0.5) is 0 Å². The Morgan fingerprint density at radius 3 is 2.67 bits per heavy atom. The summed E-state index contributed by atoms with van der Waals surface area (Å²) in [6.45, 7) is 8.75. The molecule has 0 radical (unpaired) electrons. The first kappa shape index (κ1) is 17.6. The van der Waals surface area contributed by atoms with Crippen molar-refractivity contribution in [3.8, 4) is 5.75 Å². The lowest BCUT2D eigenvalue weighted by molar-refractivity contribution is -0.154. The van der Waals surface area contributed by atoms with Crippen molar-refractivity contribution in [3.05, 3.63) is 30.3 Å². The van der Waals surface area contributed by atoms with Crippen molar-refractivity contribution in [2.24, 2.45) is 5.92 Å². The number of hydrogen-bond acceptors (Lipinski definition) is 5. The van der Waals surface area contributed by atoms with E-state index in [1.165, 1.54) is 0 Å². The summed E-state index contributed by atoms with van der Waals surface area (Å²) < 4.78 is 5.53. The van der Waals surface area contributed by atoms with E-state index in [0.717, 1.165) is 0 Å². The highest BCUT2D eigenvalue weighted by atomic mass is 32.2. The van der Waals surface area contributed by atoms with Crippen LogP contribution >= 0.6 is 11.8 Å². The number of aliphatic hydroxyl groups excluding tert-OH is 1. The van der Waals surface area contributed by atoms with Gasteiger partial charge in [-0.25, -0.2) is 0 Å². The molecule has 0 aromatic heterocycles. The van der Waals surface area contributed by atoms with Gasteiger partial charge in [-0.05, 0) is 31.9 Å². The largest absolute Gasteiger partial charge is 0.484 e. The Morgan fingerprint density at radius 1 is 1.38 bits per heavy atom. The van der Waals surface area contributed by atoms with Gasteiger partial charge in [-0.3, -0.25) is 9.69 Å². The van der Waals surface area contributed by atoms with E-state index in [1.54, 1.807) is 0 Å². The second-order valence-electron chi connectivity index (χ2n) is 7.36. The zero-order chi connectivity index (χ0) is 17.5. The molecular formula is C18H26N2O3S. The maximum atomic E-state index is 12.2. The minimum Gasteiger partial charge on any atom is -0.484 e. The monoisotopic (exact) mass is 350 g/mol. The highest BCUT2D eigenvalue weighted by Crippen LogP contribution is 2.54. The first-order valence-electron chi connectivity index (χ1n) is 8.42. The number of rotatable bonds is 5. The number of aliphatic hydroxyl groups is 1. The number of carbonyl (C=O) groups excluding carboxylic acids is 1. The SMILES string of the molecule is CC(C)C1N2C(O)C(NC(=O)COc3ccccc3)C2SC1(C)C. The van der Waals surface area contributed by atoms with Crippen LogP contribution in [0.15, 0.2) is 30.3 Å². The first-order valence-corrected chi connectivity index (χ1v) is 9.30. The molecule has 1 aromatic carbocycles. The summed E-state index contributed by atoms with van der Waals surface area (Å²) in [6.07, 6.45) is -0.627. The lowest BCUT2D eigenvalue weighted by Gasteiger charge is -2.51. The van der Waals surface area contributed by atoms with E-state index in [2.05, 4.69) is 37.9 Å². The molecule has 1 amide bonds. The number of amides is 1. The number of nitrogens with one attached hydrogen (secondary N) is 1. The van der Waals surface area contributed by atoms with Crippen LogP contribution in [0.25, 0.3) is 0 Å². The van der Waals surface area contributed by atoms with Crippen LogP contribution in [-0.2, 0) is 4.79 Å². The summed E-state index contributed by atoms with van der Waals surface area (Å²) in [6, 6.07) is 9.32. The van der Waals surface area contributed by atoms with Gasteiger partial charge in [0.2, 0.25) is 0 Å². The van der Waals surface area contributed by atoms with E-state index in [0.29, 0.717) is 17.7 Å². The number of ether oxygens (including phenoxy) is 1. The average molecular weight is 350 g/mol. The van der Waals surface area contributed by atoms with Gasteiger partial charge in [-0.2, -0.15) is 0 Å². The molecule has 24 heavy (non-hydrogen) atoms. The van der Waals surface area contributed by atoms with Gasteiger partial charge in [-0.1, -0.05) is 32.0 Å². The van der Waals surface area contributed by atoms with E-state index in [9.17, 15) is 9.90 Å². The highest BCUT2D eigenvalue weighted by molar-refractivity contribution is 8.01. The van der Waals surface area contributed by atoms with Gasteiger partial charge in [0.15, 0.2) is 6.61 Å². The normalized spacial score (nSPS) is 31.4. The van der Waals surface area contributed by atoms with E-state index in [1.807, 2.05) is 42.1 Å². The fourth-order valence-corrected chi connectivity index (χ4v) is 5.84. The molecule has 2 N–H and O–H groups in total. The van der Waals surface area contributed by atoms with Crippen LogP contribution in [0.1, 0.15) is 27.7 Å². The van der Waals surface area contributed by atoms with Crippen molar-refractivity contribution in [1.29, 1.82) is 0 Å². The van der Waals surface area contributed by atoms with Crippen LogP contribution < -0.4 is 10.1 Å². The molecule has 2 aliphatic rings. The average Bonchev–Trinajstić information content (AvgIpc) is 2.80. The first-order chi connectivity index (χ1) is 11.3. The number of carbonyl (C=O) groups is 1. The number of thioether (sulfide) groups is 1. The van der Waals surface area contributed by atoms with Gasteiger partial charge in [0.1, 0.15) is 12.0 Å². The number of benzene rings is 1. The van der Waals surface area contributed by atoms with Crippen molar-refractivity contribution in [3.63, 3.8) is 0 Å². The molecule has 6 heteroatoms. The van der Waals surface area contributed by atoms with Crippen molar-refractivity contribution in [2.45, 2.75) is 56.1 Å². The van der Waals surface area contributed by atoms with Crippen molar-refractivity contribution in [2.75, 3.05) is 6.61 Å². The molecule has 4 atom stereocenters. The zero-order valence-electron chi connectivity index (χ0n) is 14.6. The standard InChI is InChI=1S/C18H26N2O3S/c1-11(2)15-18(3,4)24-17-14(16(22)20(15)17)19-13(21)10-23-12-8-6-5-7-9-12/h5-9,11,14-17,22H,10H2,1-4H3,(H,19,21). The quantitative estimate of drug-likeness (QED) is 0.851. The second kappa shape index (κ2) is 6.58. The summed E-state index contributed by atoms with van der Waals surface area (Å²) in [5, 5.41) is 13.6. The molecular weight excluding hydrogens is 324 g/mol. The number of para-hydroxylation sites is 1. The predicted octanol–water partition coefficient (Wildman–Crippen LogP) is 2.06. The number of nitrogens with zero attached hydrogens (tertiary/aromatic N) is 1. The van der Waals surface area contributed by atoms with E-state index >= 15 is 0 Å². The number of fused-ring (bicyclic) bond motifs is 1. The van der Waals surface area contributed by atoms with Crippen molar-refractivity contribution >= 4 is 17.7 Å². The highest BCUT2D eigenvalue weighted by Gasteiger charge is 2.62. The van der Waals surface area contributed by atoms with Crippen LogP contribution in [0.5, 0.6) is 5.75 Å². The summed E-state index contributed by atoms with van der Waals surface area (Å²) in [4.78, 5) is 14.3. The maximum Gasteiger partial charge on any atom is 0.258 e. The Labute approximate surface area is 147 Å². The van der Waals surface area contributed by atoms with Crippen molar-refractivity contribution < 1.29 is 14.6 Å². The third kappa shape index (κ3) is 3.15. The third-order valence-electron chi connectivity index (χ3n) is 4.76. The molecule has 2 fully saturated rings. The van der Waals surface area contributed by atoms with Crippen LogP contribution in [0.2, 0.25) is 0 Å². The third-order valence-corrected chi connectivity index (χ3v) is 6.39. The second-order valence-corrected chi connectivity index (χ2v) is 9.13. The molecule has 0 spiro atoms. The van der Waals surface area contributed by atoms with E-state index in [-0.39, 0.29) is 28.7 Å². The minimum absolute atomic E-state index is 0.0401. The number of hydrogen-bond donors (Lipinski definition) is 2. The van der Waals surface area contributed by atoms with Crippen LogP contribution in [0, 0.1) is 5.92 Å². The minimum atomic E-state index is -0.627. The molecule has 0 saturated carbocycles. The molecule has 2 heterocycles. The van der Waals surface area contributed by atoms with Gasteiger partial charge >= 0.3 is 0 Å². The molecule has 0 bridgehead atoms. The predicted molar refractivity (Wildman–Crippen MR) is 95.8 cm³/mol. The molecule has 132 valence electrons. The Bertz CT molecular complexity index is 593. The Balaban J connectivity index is 1.57. The van der Waals surface area contributed by atoms with Crippen LogP contribution in [-0.4, -0.2) is 51.0 Å². The molecule has 1 aromatic rings. The lowest BCUT2D eigenvalue weighted by Crippen LogP contribution is -2.72. The zero-order valence-corrected chi connectivity index (χ0v) is 15.4. The molecule has 0 aliphatic carbocycles. The van der Waals surface area contributed by atoms with Gasteiger partial charge in [0, 0.05) is 10.8 Å².